The fourth-order valence-electron chi connectivity index (χ4n) is 2.62. The largest absolute Gasteiger partial charge is 0.331 e. The summed E-state index contributed by atoms with van der Waals surface area (Å²) >= 11 is 9.47. The van der Waals surface area contributed by atoms with Gasteiger partial charge in [-0.2, -0.15) is 5.10 Å². The van der Waals surface area contributed by atoms with E-state index in [4.69, 9.17) is 11.6 Å². The first-order valence-electron chi connectivity index (χ1n) is 7.46. The molecule has 0 atom stereocenters. The van der Waals surface area contributed by atoms with E-state index in [-0.39, 0.29) is 11.6 Å². The number of nitrogens with one attached hydrogen (secondary N) is 1. The standard InChI is InChI=1S/C16H15BrClF2N3O/c1-8-13(14(15(19)20)22-21-8)16(24)23(11-3-4-11)7-9-6-10(18)2-5-12(9)17/h2,5-6,11,15H,3-4,7H2,1H3,(H,21,22). The summed E-state index contributed by atoms with van der Waals surface area (Å²) in [4.78, 5) is 14.5. The monoisotopic (exact) mass is 417 g/mol. The first kappa shape index (κ1) is 17.4. The molecule has 0 radical (unpaired) electrons. The van der Waals surface area contributed by atoms with Crippen LogP contribution in [0.4, 0.5) is 8.78 Å². The maximum atomic E-state index is 13.1. The zero-order chi connectivity index (χ0) is 17.4. The maximum absolute atomic E-state index is 13.1. The molecule has 1 heterocycles. The molecule has 1 aliphatic rings. The average Bonchev–Trinajstić information content (AvgIpc) is 3.29. The van der Waals surface area contributed by atoms with E-state index >= 15 is 0 Å². The molecule has 8 heteroatoms. The second-order valence-electron chi connectivity index (χ2n) is 5.81. The van der Waals surface area contributed by atoms with Crippen molar-refractivity contribution in [3.8, 4) is 0 Å². The lowest BCUT2D eigenvalue weighted by Gasteiger charge is -2.23. The van der Waals surface area contributed by atoms with Gasteiger partial charge in [-0.1, -0.05) is 27.5 Å². The highest BCUT2D eigenvalue weighted by Crippen LogP contribution is 2.34. The second kappa shape index (κ2) is 6.80. The molecule has 1 fully saturated rings. The van der Waals surface area contributed by atoms with Crippen molar-refractivity contribution in [1.29, 1.82) is 0 Å². The number of benzene rings is 1. The van der Waals surface area contributed by atoms with Crippen molar-refractivity contribution >= 4 is 33.4 Å². The molecule has 1 aromatic carbocycles. The van der Waals surface area contributed by atoms with Crippen LogP contribution in [-0.2, 0) is 6.54 Å². The quantitative estimate of drug-likeness (QED) is 0.752. The van der Waals surface area contributed by atoms with Gasteiger partial charge in [0.1, 0.15) is 5.69 Å². The number of carbonyl (C=O) groups excluding carboxylic acids is 1. The topological polar surface area (TPSA) is 49.0 Å². The van der Waals surface area contributed by atoms with Crippen LogP contribution in [0.3, 0.4) is 0 Å². The van der Waals surface area contributed by atoms with Crippen LogP contribution in [0.2, 0.25) is 5.02 Å². The van der Waals surface area contributed by atoms with E-state index in [2.05, 4.69) is 26.1 Å². The number of aryl methyl sites for hydroxylation is 1. The van der Waals surface area contributed by atoms with Gasteiger partial charge >= 0.3 is 0 Å². The van der Waals surface area contributed by atoms with Crippen molar-refractivity contribution in [2.24, 2.45) is 0 Å². The molecular formula is C16H15BrClF2N3O. The summed E-state index contributed by atoms with van der Waals surface area (Å²) < 4.78 is 27.1. The van der Waals surface area contributed by atoms with Crippen LogP contribution >= 0.6 is 27.5 Å². The molecule has 1 aliphatic carbocycles. The Hall–Kier alpha value is -1.47. The number of carbonyl (C=O) groups is 1. The molecule has 0 saturated heterocycles. The Balaban J connectivity index is 1.93. The predicted octanol–water partition coefficient (Wildman–Crippen LogP) is 4.88. The number of aromatic nitrogens is 2. The summed E-state index contributed by atoms with van der Waals surface area (Å²) in [6.45, 7) is 1.88. The number of amides is 1. The molecule has 1 N–H and O–H groups in total. The summed E-state index contributed by atoms with van der Waals surface area (Å²) in [7, 11) is 0. The molecule has 0 spiro atoms. The first-order valence-corrected chi connectivity index (χ1v) is 8.63. The van der Waals surface area contributed by atoms with Gasteiger partial charge in [-0.25, -0.2) is 8.78 Å². The zero-order valence-electron chi connectivity index (χ0n) is 12.8. The van der Waals surface area contributed by atoms with E-state index < -0.39 is 18.0 Å². The highest BCUT2D eigenvalue weighted by atomic mass is 79.9. The number of H-pyrrole nitrogens is 1. The summed E-state index contributed by atoms with van der Waals surface area (Å²) in [6.07, 6.45) is -1.07. The summed E-state index contributed by atoms with van der Waals surface area (Å²) in [5.41, 5.74) is 0.664. The van der Waals surface area contributed by atoms with Crippen LogP contribution in [0.5, 0.6) is 0 Å². The Morgan fingerprint density at radius 3 is 2.83 bits per heavy atom. The number of rotatable bonds is 5. The van der Waals surface area contributed by atoms with Crippen molar-refractivity contribution in [2.75, 3.05) is 0 Å². The second-order valence-corrected chi connectivity index (χ2v) is 7.10. The Morgan fingerprint density at radius 1 is 1.50 bits per heavy atom. The molecule has 1 amide bonds. The van der Waals surface area contributed by atoms with Gasteiger partial charge < -0.3 is 4.90 Å². The Morgan fingerprint density at radius 2 is 2.21 bits per heavy atom. The summed E-state index contributed by atoms with van der Waals surface area (Å²) in [5, 5.41) is 6.63. The minimum Gasteiger partial charge on any atom is -0.331 e. The molecule has 2 aromatic rings. The smallest absolute Gasteiger partial charge is 0.282 e. The molecule has 0 unspecified atom stereocenters. The Kier molecular flexibility index (Phi) is 4.92. The first-order chi connectivity index (χ1) is 11.4. The summed E-state index contributed by atoms with van der Waals surface area (Å²) in [5.74, 6) is -0.425. The summed E-state index contributed by atoms with van der Waals surface area (Å²) in [6, 6.07) is 5.38. The normalized spacial score (nSPS) is 14.2. The van der Waals surface area contributed by atoms with Gasteiger partial charge in [0.2, 0.25) is 0 Å². The lowest BCUT2D eigenvalue weighted by Crippen LogP contribution is -2.33. The van der Waals surface area contributed by atoms with Crippen LogP contribution in [0, 0.1) is 6.92 Å². The predicted molar refractivity (Wildman–Crippen MR) is 90.3 cm³/mol. The van der Waals surface area contributed by atoms with Crippen LogP contribution < -0.4 is 0 Å². The maximum Gasteiger partial charge on any atom is 0.282 e. The molecule has 24 heavy (non-hydrogen) atoms. The Bertz CT molecular complexity index is 777. The van der Waals surface area contributed by atoms with Gasteiger partial charge in [-0.05, 0) is 43.5 Å². The number of hydrogen-bond acceptors (Lipinski definition) is 2. The fraction of sp³-hybridized carbons (Fsp3) is 0.375. The molecular weight excluding hydrogens is 404 g/mol. The SMILES string of the molecule is Cc1[nH]nc(C(F)F)c1C(=O)N(Cc1cc(Cl)ccc1Br)C1CC1. The molecule has 4 nitrogen and oxygen atoms in total. The van der Waals surface area contributed by atoms with E-state index in [1.165, 1.54) is 0 Å². The fourth-order valence-corrected chi connectivity index (χ4v) is 3.19. The number of nitrogens with zero attached hydrogens (tertiary/aromatic N) is 2. The highest BCUT2D eigenvalue weighted by molar-refractivity contribution is 9.10. The minimum atomic E-state index is -2.80. The van der Waals surface area contributed by atoms with Crippen molar-refractivity contribution < 1.29 is 13.6 Å². The Labute approximate surface area is 151 Å². The number of halogens is 4. The van der Waals surface area contributed by atoms with Crippen molar-refractivity contribution in [3.63, 3.8) is 0 Å². The molecule has 1 aromatic heterocycles. The van der Waals surface area contributed by atoms with E-state index in [1.54, 1.807) is 30.0 Å². The number of hydrogen-bond donors (Lipinski definition) is 1. The third-order valence-corrected chi connectivity index (χ3v) is 5.00. The van der Waals surface area contributed by atoms with Crippen LogP contribution in [0.15, 0.2) is 22.7 Å². The molecule has 1 saturated carbocycles. The third-order valence-electron chi connectivity index (χ3n) is 3.99. The van der Waals surface area contributed by atoms with Gasteiger partial charge in [0.25, 0.3) is 12.3 Å². The van der Waals surface area contributed by atoms with Crippen LogP contribution in [-0.4, -0.2) is 27.0 Å². The molecule has 128 valence electrons. The van der Waals surface area contributed by atoms with Gasteiger partial charge in [0.15, 0.2) is 0 Å². The van der Waals surface area contributed by atoms with E-state index in [9.17, 15) is 13.6 Å². The van der Waals surface area contributed by atoms with Crippen molar-refractivity contribution in [2.45, 2.75) is 38.8 Å². The van der Waals surface area contributed by atoms with Gasteiger partial charge in [-0.15, -0.1) is 0 Å². The lowest BCUT2D eigenvalue weighted by molar-refractivity contribution is 0.0716. The van der Waals surface area contributed by atoms with Gasteiger partial charge in [0.05, 0.1) is 5.56 Å². The van der Waals surface area contributed by atoms with Crippen molar-refractivity contribution in [3.05, 3.63) is 50.2 Å². The third kappa shape index (κ3) is 3.47. The van der Waals surface area contributed by atoms with E-state index in [0.717, 1.165) is 22.9 Å². The lowest BCUT2D eigenvalue weighted by atomic mass is 10.1. The zero-order valence-corrected chi connectivity index (χ0v) is 15.2. The van der Waals surface area contributed by atoms with Crippen LogP contribution in [0.25, 0.3) is 0 Å². The van der Waals surface area contributed by atoms with Crippen LogP contribution in [0.1, 0.15) is 46.6 Å². The average molecular weight is 419 g/mol. The van der Waals surface area contributed by atoms with Gasteiger partial charge in [0, 0.05) is 27.8 Å². The van der Waals surface area contributed by atoms with E-state index in [1.807, 2.05) is 0 Å². The number of aromatic amines is 1. The van der Waals surface area contributed by atoms with Crippen molar-refractivity contribution in [1.82, 2.24) is 15.1 Å². The minimum absolute atomic E-state index is 0.0324. The highest BCUT2D eigenvalue weighted by Gasteiger charge is 2.36. The number of alkyl halides is 2. The van der Waals surface area contributed by atoms with Gasteiger partial charge in [-0.3, -0.25) is 9.89 Å². The van der Waals surface area contributed by atoms with E-state index in [0.29, 0.717) is 17.3 Å². The molecule has 0 aliphatic heterocycles. The molecule has 3 rings (SSSR count). The molecule has 0 bridgehead atoms.